The van der Waals surface area contributed by atoms with Crippen molar-refractivity contribution in [3.05, 3.63) is 36.7 Å². The van der Waals surface area contributed by atoms with E-state index in [0.717, 1.165) is 19.3 Å². The number of hydrogen-bond donors (Lipinski definition) is 5. The molecule has 0 aliphatic heterocycles. The van der Waals surface area contributed by atoms with Crippen molar-refractivity contribution in [3.8, 4) is 0 Å². The number of aliphatic carboxylic acids is 1. The predicted octanol–water partition coefficient (Wildman–Crippen LogP) is 2.05. The van der Waals surface area contributed by atoms with Crippen LogP contribution in [-0.4, -0.2) is 40.8 Å². The van der Waals surface area contributed by atoms with Gasteiger partial charge in [0.1, 0.15) is 6.04 Å². The number of nitrogens with two attached hydrogens (primary N) is 1. The molecule has 0 unspecified atom stereocenters. The molecule has 0 saturated carbocycles. The first-order valence-corrected chi connectivity index (χ1v) is 9.05. The van der Waals surface area contributed by atoms with E-state index in [-0.39, 0.29) is 6.10 Å². The number of rotatable bonds is 13. The van der Waals surface area contributed by atoms with Gasteiger partial charge in [0.2, 0.25) is 5.91 Å². The molecule has 0 radical (unpaired) electrons. The Balaban J connectivity index is 0. The fourth-order valence-corrected chi connectivity index (χ4v) is 1.88. The zero-order valence-electron chi connectivity index (χ0n) is 16.2. The Kier molecular flexibility index (Phi) is 17.5. The minimum Gasteiger partial charge on any atom is -0.480 e. The maximum Gasteiger partial charge on any atom is 0.326 e. The van der Waals surface area contributed by atoms with Crippen LogP contribution in [0.1, 0.15) is 52.9 Å². The van der Waals surface area contributed by atoms with Crippen LogP contribution in [0.15, 0.2) is 36.7 Å². The summed E-state index contributed by atoms with van der Waals surface area (Å²) in [5, 5.41) is 23.5. The lowest BCUT2D eigenvalue weighted by Gasteiger charge is -2.13. The molecule has 2 atom stereocenters. The molecule has 0 bridgehead atoms. The Labute approximate surface area is 157 Å². The van der Waals surface area contributed by atoms with Gasteiger partial charge >= 0.3 is 5.97 Å². The van der Waals surface area contributed by atoms with Gasteiger partial charge in [-0.2, -0.15) is 0 Å². The number of nitrogens with one attached hydrogen (secondary N) is 2. The molecule has 0 saturated heterocycles. The average molecular weight is 370 g/mol. The van der Waals surface area contributed by atoms with E-state index in [1.807, 2.05) is 19.9 Å². The minimum absolute atomic E-state index is 0.296. The molecule has 0 aromatic carbocycles. The van der Waals surface area contributed by atoms with E-state index in [4.69, 9.17) is 15.9 Å². The Morgan fingerprint density at radius 3 is 2.38 bits per heavy atom. The zero-order valence-corrected chi connectivity index (χ0v) is 16.2. The van der Waals surface area contributed by atoms with Crippen molar-refractivity contribution in [1.82, 2.24) is 10.6 Å². The molecule has 7 heteroatoms. The fraction of sp³-hybridized carbons (Fsp3) is 0.579. The number of carbonyl (C=O) groups is 2. The van der Waals surface area contributed by atoms with Crippen molar-refractivity contribution < 1.29 is 19.8 Å². The van der Waals surface area contributed by atoms with Gasteiger partial charge in [-0.25, -0.2) is 4.79 Å². The van der Waals surface area contributed by atoms with Gasteiger partial charge in [0, 0.05) is 12.6 Å². The van der Waals surface area contributed by atoms with Crippen LogP contribution < -0.4 is 16.4 Å². The number of unbranched alkanes of at least 4 members (excludes halogenated alkanes) is 1. The summed E-state index contributed by atoms with van der Waals surface area (Å²) in [4.78, 5) is 22.8. The van der Waals surface area contributed by atoms with Crippen LogP contribution in [0, 0.1) is 0 Å². The van der Waals surface area contributed by atoms with Crippen LogP contribution in [0.25, 0.3) is 0 Å². The number of aliphatic hydroxyl groups excluding tert-OH is 1. The monoisotopic (exact) mass is 369 g/mol. The second-order valence-corrected chi connectivity index (χ2v) is 5.56. The Morgan fingerprint density at radius 1 is 1.19 bits per heavy atom. The van der Waals surface area contributed by atoms with Gasteiger partial charge in [0.05, 0.1) is 11.9 Å². The molecule has 0 aliphatic rings. The summed E-state index contributed by atoms with van der Waals surface area (Å²) in [6.45, 7) is 9.72. The highest BCUT2D eigenvalue weighted by molar-refractivity contribution is 5.91. The molecule has 7 nitrogen and oxygen atoms in total. The second-order valence-electron chi connectivity index (χ2n) is 5.56. The largest absolute Gasteiger partial charge is 0.480 e. The number of allylic oxidation sites excluding steroid dienone is 3. The highest BCUT2D eigenvalue weighted by Crippen LogP contribution is 2.01. The molecule has 0 aliphatic carbocycles. The van der Waals surface area contributed by atoms with E-state index in [1.165, 1.54) is 6.08 Å². The summed E-state index contributed by atoms with van der Waals surface area (Å²) in [6, 6.07) is -0.940. The summed E-state index contributed by atoms with van der Waals surface area (Å²) >= 11 is 0. The molecular weight excluding hydrogens is 334 g/mol. The topological polar surface area (TPSA) is 125 Å². The molecule has 0 rings (SSSR count). The second kappa shape index (κ2) is 17.5. The number of carboxylic acids is 1. The Morgan fingerprint density at radius 2 is 1.85 bits per heavy atom. The van der Waals surface area contributed by atoms with E-state index in [9.17, 15) is 9.59 Å². The molecular formula is C19H35N3O4. The van der Waals surface area contributed by atoms with Gasteiger partial charge in [-0.3, -0.25) is 4.79 Å². The van der Waals surface area contributed by atoms with E-state index in [0.29, 0.717) is 25.2 Å². The van der Waals surface area contributed by atoms with E-state index in [1.54, 1.807) is 19.1 Å². The number of aliphatic hydroxyl groups is 1. The lowest BCUT2D eigenvalue weighted by molar-refractivity contribution is -0.141. The number of carboxylic acid groups (broad SMARTS) is 1. The third-order valence-electron chi connectivity index (χ3n) is 3.12. The van der Waals surface area contributed by atoms with Crippen LogP contribution in [0.2, 0.25) is 0 Å². The van der Waals surface area contributed by atoms with Gasteiger partial charge in [-0.15, -0.1) is 0 Å². The first-order chi connectivity index (χ1) is 12.3. The smallest absolute Gasteiger partial charge is 0.326 e. The zero-order chi connectivity index (χ0) is 20.4. The van der Waals surface area contributed by atoms with Crippen LogP contribution in [-0.2, 0) is 9.59 Å². The first kappa shape index (κ1) is 26.0. The Bertz CT molecular complexity index is 460. The van der Waals surface area contributed by atoms with Crippen molar-refractivity contribution >= 4 is 11.9 Å². The average Bonchev–Trinajstić information content (AvgIpc) is 2.57. The summed E-state index contributed by atoms with van der Waals surface area (Å²) < 4.78 is 0. The Hall–Kier alpha value is -2.28. The molecule has 0 spiro atoms. The van der Waals surface area contributed by atoms with Crippen molar-refractivity contribution in [2.24, 2.45) is 5.73 Å². The van der Waals surface area contributed by atoms with Crippen molar-refractivity contribution in [2.75, 3.05) is 6.54 Å². The van der Waals surface area contributed by atoms with E-state index >= 15 is 0 Å². The maximum atomic E-state index is 11.7. The standard InChI is InChI=1S/C17H29N3O4.C2H6/c1-13(21)9-6-4-3-5-7-11-16(22)20-15(17(23)24)10-8-12-19-14(2)18;1-2/h3,5,7,11,13,15,19,21H,2,4,6,8-10,12,18H2,1H3,(H,20,22)(H,23,24);1-2H3/b5-3+,11-7+;/t13-,15-;/m0./s1. The first-order valence-electron chi connectivity index (χ1n) is 9.05. The molecule has 26 heavy (non-hydrogen) atoms. The molecule has 1 amide bonds. The van der Waals surface area contributed by atoms with Crippen LogP contribution in [0.5, 0.6) is 0 Å². The van der Waals surface area contributed by atoms with Crippen molar-refractivity contribution in [1.29, 1.82) is 0 Å². The van der Waals surface area contributed by atoms with Gasteiger partial charge in [0.15, 0.2) is 0 Å². The van der Waals surface area contributed by atoms with Crippen LogP contribution in [0.4, 0.5) is 0 Å². The highest BCUT2D eigenvalue weighted by Gasteiger charge is 2.17. The quantitative estimate of drug-likeness (QED) is 0.192. The van der Waals surface area contributed by atoms with Gasteiger partial charge < -0.3 is 26.6 Å². The summed E-state index contributed by atoms with van der Waals surface area (Å²) in [5.74, 6) is -1.20. The third-order valence-corrected chi connectivity index (χ3v) is 3.12. The van der Waals surface area contributed by atoms with E-state index in [2.05, 4.69) is 17.2 Å². The van der Waals surface area contributed by atoms with Crippen molar-refractivity contribution in [3.63, 3.8) is 0 Å². The van der Waals surface area contributed by atoms with Gasteiger partial charge in [0.25, 0.3) is 0 Å². The molecule has 0 heterocycles. The number of carbonyl (C=O) groups excluding carboxylic acids is 1. The van der Waals surface area contributed by atoms with E-state index < -0.39 is 17.9 Å². The molecule has 0 fully saturated rings. The lowest BCUT2D eigenvalue weighted by atomic mass is 10.1. The van der Waals surface area contributed by atoms with Gasteiger partial charge in [-0.1, -0.05) is 38.7 Å². The predicted molar refractivity (Wildman–Crippen MR) is 105 cm³/mol. The fourth-order valence-electron chi connectivity index (χ4n) is 1.88. The number of hydrogen-bond acceptors (Lipinski definition) is 5. The normalized spacial score (nSPS) is 12.9. The summed E-state index contributed by atoms with van der Waals surface area (Å²) in [7, 11) is 0. The van der Waals surface area contributed by atoms with Gasteiger partial charge in [-0.05, 0) is 39.0 Å². The number of amides is 1. The van der Waals surface area contributed by atoms with Crippen molar-refractivity contribution in [2.45, 2.75) is 65.0 Å². The van der Waals surface area contributed by atoms with Crippen LogP contribution >= 0.6 is 0 Å². The highest BCUT2D eigenvalue weighted by atomic mass is 16.4. The molecule has 0 aromatic heterocycles. The summed E-state index contributed by atoms with van der Waals surface area (Å²) in [5.41, 5.74) is 5.34. The van der Waals surface area contributed by atoms with Crippen LogP contribution in [0.3, 0.4) is 0 Å². The molecule has 150 valence electrons. The third kappa shape index (κ3) is 18.1. The SMILES string of the molecule is C=C(N)NCCC[C@H](NC(=O)/C=C/C=C/CCC[C@H](C)O)C(=O)O.CC. The minimum atomic E-state index is -1.07. The lowest BCUT2D eigenvalue weighted by Crippen LogP contribution is -2.40. The molecule has 6 N–H and O–H groups in total. The summed E-state index contributed by atoms with van der Waals surface area (Å²) in [6.07, 6.45) is 9.45. The maximum absolute atomic E-state index is 11.7. The molecule has 0 aromatic rings.